The maximum atomic E-state index is 15.3. The minimum absolute atomic E-state index is 0.178. The lowest BCUT2D eigenvalue weighted by Crippen LogP contribution is -2.17. The molecule has 2 N–H and O–H groups in total. The average Bonchev–Trinajstić information content (AvgIpc) is 2.62. The van der Waals surface area contributed by atoms with Crippen LogP contribution in [0, 0.1) is 5.82 Å². The summed E-state index contributed by atoms with van der Waals surface area (Å²) >= 11 is 5.93. The van der Waals surface area contributed by atoms with Crippen molar-refractivity contribution in [2.45, 2.75) is 12.8 Å². The largest absolute Gasteiger partial charge is 0.366 e. The lowest BCUT2D eigenvalue weighted by molar-refractivity contribution is 0.0998. The van der Waals surface area contributed by atoms with E-state index < -0.39 is 11.7 Å². The molecule has 3 rings (SSSR count). The second-order valence-corrected chi connectivity index (χ2v) is 6.20. The number of hydrogen-bond acceptors (Lipinski definition) is 2. The number of benzene rings is 2. The summed E-state index contributed by atoms with van der Waals surface area (Å²) in [6.45, 7) is 1.84. The van der Waals surface area contributed by atoms with E-state index in [1.807, 2.05) is 19.1 Å². The lowest BCUT2D eigenvalue weighted by Gasteiger charge is -2.19. The van der Waals surface area contributed by atoms with Gasteiger partial charge in [0.1, 0.15) is 5.82 Å². The van der Waals surface area contributed by atoms with E-state index in [2.05, 4.69) is 4.98 Å². The van der Waals surface area contributed by atoms with E-state index in [9.17, 15) is 4.79 Å². The first-order valence-electron chi connectivity index (χ1n) is 7.77. The van der Waals surface area contributed by atoms with Crippen LogP contribution in [0.2, 0.25) is 5.02 Å². The van der Waals surface area contributed by atoms with E-state index in [4.69, 9.17) is 17.3 Å². The molecule has 1 unspecified atom stereocenters. The highest BCUT2D eigenvalue weighted by molar-refractivity contribution is 6.30. The van der Waals surface area contributed by atoms with Gasteiger partial charge in [-0.1, -0.05) is 36.7 Å². The fourth-order valence-corrected chi connectivity index (χ4v) is 3.03. The van der Waals surface area contributed by atoms with Gasteiger partial charge in [0.15, 0.2) is 0 Å². The van der Waals surface area contributed by atoms with Gasteiger partial charge in [-0.2, -0.15) is 0 Å². The Balaban J connectivity index is 2.18. The summed E-state index contributed by atoms with van der Waals surface area (Å²) in [5, 5.41) is 0.595. The smallest absolute Gasteiger partial charge is 0.249 e. The minimum Gasteiger partial charge on any atom is -0.366 e. The topological polar surface area (TPSA) is 56.0 Å². The normalized spacial score (nSPS) is 12.0. The fourth-order valence-electron chi connectivity index (χ4n) is 2.90. The zero-order valence-corrected chi connectivity index (χ0v) is 14.3. The van der Waals surface area contributed by atoms with Crippen molar-refractivity contribution in [3.05, 3.63) is 88.5 Å². The van der Waals surface area contributed by atoms with Gasteiger partial charge < -0.3 is 5.73 Å². The molecule has 1 amide bonds. The van der Waals surface area contributed by atoms with Crippen molar-refractivity contribution in [1.29, 1.82) is 0 Å². The molecule has 1 atom stereocenters. The number of amides is 1. The van der Waals surface area contributed by atoms with Crippen LogP contribution in [0.3, 0.4) is 0 Å². The van der Waals surface area contributed by atoms with Gasteiger partial charge in [0, 0.05) is 40.0 Å². The van der Waals surface area contributed by atoms with Gasteiger partial charge >= 0.3 is 0 Å². The van der Waals surface area contributed by atoms with Crippen molar-refractivity contribution in [3.63, 3.8) is 0 Å². The third-order valence-corrected chi connectivity index (χ3v) is 4.49. The van der Waals surface area contributed by atoms with Crippen molar-refractivity contribution < 1.29 is 9.18 Å². The van der Waals surface area contributed by atoms with Crippen molar-refractivity contribution in [3.8, 4) is 11.1 Å². The number of aromatic nitrogens is 1. The van der Waals surface area contributed by atoms with Crippen molar-refractivity contribution >= 4 is 17.5 Å². The van der Waals surface area contributed by atoms with Gasteiger partial charge in [-0.25, -0.2) is 4.39 Å². The van der Waals surface area contributed by atoms with Crippen LogP contribution in [-0.2, 0) is 0 Å². The third kappa shape index (κ3) is 3.39. The molecule has 3 aromatic rings. The number of nitrogens with two attached hydrogens (primary N) is 1. The van der Waals surface area contributed by atoms with Gasteiger partial charge in [-0.05, 0) is 41.5 Å². The molecule has 0 aliphatic heterocycles. The van der Waals surface area contributed by atoms with Gasteiger partial charge in [0.05, 0.1) is 0 Å². The second-order valence-electron chi connectivity index (χ2n) is 5.76. The summed E-state index contributed by atoms with van der Waals surface area (Å²) in [5.41, 5.74) is 7.87. The van der Waals surface area contributed by atoms with E-state index in [0.29, 0.717) is 16.1 Å². The average molecular weight is 355 g/mol. The maximum absolute atomic E-state index is 15.3. The molecule has 0 fully saturated rings. The molecule has 2 aromatic carbocycles. The Hall–Kier alpha value is -2.72. The van der Waals surface area contributed by atoms with E-state index in [-0.39, 0.29) is 17.0 Å². The van der Waals surface area contributed by atoms with Crippen molar-refractivity contribution in [1.82, 2.24) is 4.98 Å². The molecule has 0 aliphatic rings. The minimum atomic E-state index is -0.656. The number of hydrogen-bond donors (Lipinski definition) is 1. The molecule has 0 saturated heterocycles. The Morgan fingerprint density at radius 1 is 1.08 bits per heavy atom. The van der Waals surface area contributed by atoms with Crippen LogP contribution in [0.5, 0.6) is 0 Å². The SMILES string of the molecule is CC(c1ccc(Cl)cc1)c1c(C(N)=O)ccc(-c2ccncc2)c1F. The molecule has 3 nitrogen and oxygen atoms in total. The van der Waals surface area contributed by atoms with Crippen LogP contribution in [0.15, 0.2) is 60.9 Å². The van der Waals surface area contributed by atoms with Gasteiger partial charge in [0.25, 0.3) is 0 Å². The first-order chi connectivity index (χ1) is 12.0. The predicted octanol–water partition coefficient (Wildman–Crippen LogP) is 4.79. The molecular weight excluding hydrogens is 339 g/mol. The van der Waals surface area contributed by atoms with E-state index in [1.165, 1.54) is 0 Å². The number of rotatable bonds is 4. The first-order valence-corrected chi connectivity index (χ1v) is 8.15. The number of pyridine rings is 1. The fraction of sp³-hybridized carbons (Fsp3) is 0.100. The summed E-state index contributed by atoms with van der Waals surface area (Å²) in [6, 6.07) is 13.7. The molecule has 5 heteroatoms. The highest BCUT2D eigenvalue weighted by Crippen LogP contribution is 2.34. The molecule has 0 saturated carbocycles. The highest BCUT2D eigenvalue weighted by atomic mass is 35.5. The third-order valence-electron chi connectivity index (χ3n) is 4.24. The van der Waals surface area contributed by atoms with Crippen molar-refractivity contribution in [2.24, 2.45) is 5.73 Å². The molecule has 126 valence electrons. The molecule has 0 spiro atoms. The zero-order chi connectivity index (χ0) is 18.0. The van der Waals surface area contributed by atoms with Crippen LogP contribution in [0.4, 0.5) is 4.39 Å². The highest BCUT2D eigenvalue weighted by Gasteiger charge is 2.23. The number of nitrogens with zero attached hydrogens (tertiary/aromatic N) is 1. The maximum Gasteiger partial charge on any atom is 0.249 e. The molecule has 1 aromatic heterocycles. The molecule has 25 heavy (non-hydrogen) atoms. The quantitative estimate of drug-likeness (QED) is 0.732. The molecule has 0 radical (unpaired) electrons. The summed E-state index contributed by atoms with van der Waals surface area (Å²) < 4.78 is 15.3. The van der Waals surface area contributed by atoms with Gasteiger partial charge in [-0.15, -0.1) is 0 Å². The Bertz CT molecular complexity index is 911. The van der Waals surface area contributed by atoms with Crippen LogP contribution < -0.4 is 5.73 Å². The number of carbonyl (C=O) groups is 1. The monoisotopic (exact) mass is 354 g/mol. The first kappa shape index (κ1) is 17.1. The Labute approximate surface area is 150 Å². The van der Waals surface area contributed by atoms with Crippen molar-refractivity contribution in [2.75, 3.05) is 0 Å². The van der Waals surface area contributed by atoms with Crippen LogP contribution in [0.25, 0.3) is 11.1 Å². The number of carbonyl (C=O) groups excluding carboxylic acids is 1. The van der Waals surface area contributed by atoms with Crippen LogP contribution in [-0.4, -0.2) is 10.9 Å². The van der Waals surface area contributed by atoms with E-state index in [0.717, 1.165) is 5.56 Å². The zero-order valence-electron chi connectivity index (χ0n) is 13.5. The standard InChI is InChI=1S/C20H16ClFN2O/c1-12(13-2-4-15(21)5-3-13)18-17(20(23)25)7-6-16(19(18)22)14-8-10-24-11-9-14/h2-12H,1H3,(H2,23,25). The Morgan fingerprint density at radius 2 is 1.72 bits per heavy atom. The summed E-state index contributed by atoms with van der Waals surface area (Å²) in [6.07, 6.45) is 3.19. The summed E-state index contributed by atoms with van der Waals surface area (Å²) in [4.78, 5) is 15.8. The summed E-state index contributed by atoms with van der Waals surface area (Å²) in [5.74, 6) is -1.47. The molecular formula is C20H16ClFN2O. The van der Waals surface area contributed by atoms with Gasteiger partial charge in [0.2, 0.25) is 5.91 Å². The Kier molecular flexibility index (Phi) is 4.81. The molecule has 0 bridgehead atoms. The van der Waals surface area contributed by atoms with E-state index in [1.54, 1.807) is 48.8 Å². The summed E-state index contributed by atoms with van der Waals surface area (Å²) in [7, 11) is 0. The van der Waals surface area contributed by atoms with Crippen LogP contribution >= 0.6 is 11.6 Å². The molecule has 1 heterocycles. The predicted molar refractivity (Wildman–Crippen MR) is 97.1 cm³/mol. The van der Waals surface area contributed by atoms with Crippen LogP contribution in [0.1, 0.15) is 34.3 Å². The number of halogens is 2. The van der Waals surface area contributed by atoms with E-state index >= 15 is 4.39 Å². The lowest BCUT2D eigenvalue weighted by atomic mass is 9.86. The van der Waals surface area contributed by atoms with Gasteiger partial charge in [-0.3, -0.25) is 9.78 Å². The Morgan fingerprint density at radius 3 is 2.32 bits per heavy atom. The number of primary amides is 1. The second kappa shape index (κ2) is 7.03. The molecule has 0 aliphatic carbocycles.